The monoisotopic (exact) mass is 110 g/mol. The number of hydrogen-bond donors (Lipinski definition) is 0. The van der Waals surface area contributed by atoms with E-state index < -0.39 is 0 Å². The zero-order valence-electron chi connectivity index (χ0n) is 5.72. The van der Waals surface area contributed by atoms with Gasteiger partial charge in [-0.25, -0.2) is 0 Å². The minimum absolute atomic E-state index is 0.676. The lowest BCUT2D eigenvalue weighted by molar-refractivity contribution is 0.828. The van der Waals surface area contributed by atoms with Crippen LogP contribution in [0.15, 0.2) is 24.8 Å². The van der Waals surface area contributed by atoms with Gasteiger partial charge in [0.2, 0.25) is 0 Å². The number of rotatable bonds is 3. The van der Waals surface area contributed by atoms with Crippen LogP contribution in [0.1, 0.15) is 20.3 Å². The summed E-state index contributed by atoms with van der Waals surface area (Å²) in [6, 6.07) is 0. The predicted molar refractivity (Wildman–Crippen MR) is 38.8 cm³/mol. The van der Waals surface area contributed by atoms with E-state index in [1.54, 1.807) is 0 Å². The zero-order chi connectivity index (χ0) is 6.41. The molecule has 0 unspecified atom stereocenters. The lowest BCUT2D eigenvalue weighted by atomic mass is 10.2. The first kappa shape index (κ1) is 7.48. The highest BCUT2D eigenvalue weighted by Gasteiger charge is 1.79. The largest absolute Gasteiger partial charge is 0.103 e. The lowest BCUT2D eigenvalue weighted by Gasteiger charge is -1.89. The molecule has 0 saturated carbocycles. The summed E-state index contributed by atoms with van der Waals surface area (Å²) >= 11 is 0. The van der Waals surface area contributed by atoms with E-state index in [2.05, 4.69) is 32.6 Å². The SMILES string of the molecule is C=CC/C=C\C(C)C. The maximum absolute atomic E-state index is 3.61. The highest BCUT2D eigenvalue weighted by Crippen LogP contribution is 1.94. The topological polar surface area (TPSA) is 0 Å². The van der Waals surface area contributed by atoms with E-state index in [4.69, 9.17) is 0 Å². The minimum Gasteiger partial charge on any atom is -0.103 e. The summed E-state index contributed by atoms with van der Waals surface area (Å²) in [5, 5.41) is 0. The molecule has 0 heteroatoms. The van der Waals surface area contributed by atoms with Crippen LogP contribution in [0.3, 0.4) is 0 Å². The summed E-state index contributed by atoms with van der Waals surface area (Å²) in [7, 11) is 0. The van der Waals surface area contributed by atoms with Crippen LogP contribution in [-0.4, -0.2) is 0 Å². The van der Waals surface area contributed by atoms with E-state index >= 15 is 0 Å². The molecule has 0 aromatic carbocycles. The second-order valence-electron chi connectivity index (χ2n) is 2.20. The van der Waals surface area contributed by atoms with Crippen LogP contribution in [0.4, 0.5) is 0 Å². The molecule has 0 saturated heterocycles. The Morgan fingerprint density at radius 3 is 2.50 bits per heavy atom. The second-order valence-corrected chi connectivity index (χ2v) is 2.20. The van der Waals surface area contributed by atoms with E-state index in [1.165, 1.54) is 0 Å². The van der Waals surface area contributed by atoms with Crippen LogP contribution in [0.2, 0.25) is 0 Å². The fourth-order valence-electron chi connectivity index (χ4n) is 0.447. The van der Waals surface area contributed by atoms with Crippen molar-refractivity contribution >= 4 is 0 Å². The van der Waals surface area contributed by atoms with Gasteiger partial charge in [0, 0.05) is 0 Å². The summed E-state index contributed by atoms with van der Waals surface area (Å²) in [5.74, 6) is 0.676. The van der Waals surface area contributed by atoms with Gasteiger partial charge in [-0.3, -0.25) is 0 Å². The molecule has 46 valence electrons. The molecule has 0 N–H and O–H groups in total. The summed E-state index contributed by atoms with van der Waals surface area (Å²) in [6.45, 7) is 7.94. The Balaban J connectivity index is 3.19. The van der Waals surface area contributed by atoms with Gasteiger partial charge < -0.3 is 0 Å². The Kier molecular flexibility index (Phi) is 4.33. The van der Waals surface area contributed by atoms with Gasteiger partial charge in [-0.15, -0.1) is 6.58 Å². The van der Waals surface area contributed by atoms with Crippen molar-refractivity contribution in [2.45, 2.75) is 20.3 Å². The van der Waals surface area contributed by atoms with Gasteiger partial charge in [0.15, 0.2) is 0 Å². The molecule has 0 aliphatic carbocycles. The van der Waals surface area contributed by atoms with Crippen molar-refractivity contribution in [3.63, 3.8) is 0 Å². The molecule has 0 bridgehead atoms. The molecule has 0 heterocycles. The molecular weight excluding hydrogens is 96.1 g/mol. The maximum atomic E-state index is 3.61. The van der Waals surface area contributed by atoms with Crippen LogP contribution >= 0.6 is 0 Å². The molecule has 0 aromatic heterocycles. The van der Waals surface area contributed by atoms with Gasteiger partial charge in [0.25, 0.3) is 0 Å². The fraction of sp³-hybridized carbons (Fsp3) is 0.500. The summed E-state index contributed by atoms with van der Waals surface area (Å²) in [4.78, 5) is 0. The second kappa shape index (κ2) is 4.63. The van der Waals surface area contributed by atoms with Gasteiger partial charge in [0.1, 0.15) is 0 Å². The first-order valence-corrected chi connectivity index (χ1v) is 3.05. The molecule has 0 aromatic rings. The molecule has 0 atom stereocenters. The third-order valence-corrected chi connectivity index (χ3v) is 0.824. The molecule has 0 aliphatic rings. The van der Waals surface area contributed by atoms with Crippen LogP contribution in [-0.2, 0) is 0 Å². The Morgan fingerprint density at radius 1 is 1.50 bits per heavy atom. The Morgan fingerprint density at radius 2 is 2.12 bits per heavy atom. The Bertz CT molecular complexity index is 78.0. The van der Waals surface area contributed by atoms with Gasteiger partial charge >= 0.3 is 0 Å². The molecule has 0 radical (unpaired) electrons. The summed E-state index contributed by atoms with van der Waals surface area (Å²) in [5.41, 5.74) is 0. The molecular formula is C8H14. The van der Waals surface area contributed by atoms with Crippen LogP contribution in [0.5, 0.6) is 0 Å². The molecule has 0 aliphatic heterocycles. The highest BCUT2D eigenvalue weighted by molar-refractivity contribution is 4.89. The number of hydrogen-bond acceptors (Lipinski definition) is 0. The van der Waals surface area contributed by atoms with Gasteiger partial charge in [-0.2, -0.15) is 0 Å². The first-order valence-electron chi connectivity index (χ1n) is 3.05. The van der Waals surface area contributed by atoms with Gasteiger partial charge in [0.05, 0.1) is 0 Å². The molecule has 0 amide bonds. The normalized spacial score (nSPS) is 10.9. The molecule has 0 fully saturated rings. The van der Waals surface area contributed by atoms with Crippen LogP contribution in [0, 0.1) is 5.92 Å². The van der Waals surface area contributed by atoms with Crippen molar-refractivity contribution in [2.75, 3.05) is 0 Å². The minimum atomic E-state index is 0.676. The van der Waals surface area contributed by atoms with E-state index in [-0.39, 0.29) is 0 Å². The number of allylic oxidation sites excluding steroid dienone is 3. The van der Waals surface area contributed by atoms with Crippen molar-refractivity contribution < 1.29 is 0 Å². The standard InChI is InChI=1S/C8H14/c1-4-5-6-7-8(2)3/h4,6-8H,1,5H2,2-3H3/b7-6-. The first-order chi connectivity index (χ1) is 3.77. The van der Waals surface area contributed by atoms with Crippen molar-refractivity contribution in [2.24, 2.45) is 5.92 Å². The average Bonchev–Trinajstić information content (AvgIpc) is 1.66. The van der Waals surface area contributed by atoms with Gasteiger partial charge in [-0.1, -0.05) is 32.1 Å². The third-order valence-electron chi connectivity index (χ3n) is 0.824. The summed E-state index contributed by atoms with van der Waals surface area (Å²) in [6.07, 6.45) is 7.22. The average molecular weight is 110 g/mol. The molecule has 0 nitrogen and oxygen atoms in total. The third kappa shape index (κ3) is 5.48. The molecule has 8 heavy (non-hydrogen) atoms. The Labute approximate surface area is 51.9 Å². The zero-order valence-corrected chi connectivity index (χ0v) is 5.72. The van der Waals surface area contributed by atoms with Crippen molar-refractivity contribution in [3.8, 4) is 0 Å². The molecule has 0 spiro atoms. The smallest absolute Gasteiger partial charge is 0.0172 e. The summed E-state index contributed by atoms with van der Waals surface area (Å²) < 4.78 is 0. The quantitative estimate of drug-likeness (QED) is 0.490. The van der Waals surface area contributed by atoms with Crippen molar-refractivity contribution in [3.05, 3.63) is 24.8 Å². The fourth-order valence-corrected chi connectivity index (χ4v) is 0.447. The maximum Gasteiger partial charge on any atom is -0.0172 e. The van der Waals surface area contributed by atoms with Crippen LogP contribution < -0.4 is 0 Å². The van der Waals surface area contributed by atoms with E-state index in [0.29, 0.717) is 5.92 Å². The predicted octanol–water partition coefficient (Wildman–Crippen LogP) is 2.77. The Hall–Kier alpha value is -0.520. The lowest BCUT2D eigenvalue weighted by Crippen LogP contribution is -1.74. The van der Waals surface area contributed by atoms with Crippen molar-refractivity contribution in [1.29, 1.82) is 0 Å². The van der Waals surface area contributed by atoms with Gasteiger partial charge in [-0.05, 0) is 12.3 Å². The molecule has 0 rings (SSSR count). The van der Waals surface area contributed by atoms with E-state index in [9.17, 15) is 0 Å². The highest BCUT2D eigenvalue weighted by atomic mass is 13.9. The van der Waals surface area contributed by atoms with Crippen molar-refractivity contribution in [1.82, 2.24) is 0 Å². The van der Waals surface area contributed by atoms with E-state index in [0.717, 1.165) is 6.42 Å². The van der Waals surface area contributed by atoms with Crippen LogP contribution in [0.25, 0.3) is 0 Å². The van der Waals surface area contributed by atoms with E-state index in [1.807, 2.05) is 6.08 Å².